The number of hydrogen-bond donors (Lipinski definition) is 1. The second kappa shape index (κ2) is 9.73. The standard InChI is InChI=1S/C24H27FN2O4/c1-15(2)13-22(28)26-20-11-8-17(14-19(20)25)24(30)27-12-4-5-21(27)23(29)16-6-9-18(31-3)10-7-16/h6-11,14-15,21H,4-5,12-13H2,1-3H3,(H,26,28)/t21-/m1/s1. The van der Waals surface area contributed by atoms with Gasteiger partial charge in [-0.2, -0.15) is 0 Å². The lowest BCUT2D eigenvalue weighted by atomic mass is 10.0. The molecule has 3 rings (SSSR count). The van der Waals surface area contributed by atoms with Gasteiger partial charge in [-0.3, -0.25) is 14.4 Å². The van der Waals surface area contributed by atoms with Gasteiger partial charge in [0.25, 0.3) is 5.91 Å². The molecule has 0 unspecified atom stereocenters. The van der Waals surface area contributed by atoms with Crippen molar-refractivity contribution in [3.8, 4) is 5.75 Å². The van der Waals surface area contributed by atoms with Crippen LogP contribution in [0.3, 0.4) is 0 Å². The maximum absolute atomic E-state index is 14.5. The van der Waals surface area contributed by atoms with Gasteiger partial charge in [0.05, 0.1) is 18.8 Å². The van der Waals surface area contributed by atoms with Crippen LogP contribution in [-0.4, -0.2) is 42.2 Å². The summed E-state index contributed by atoms with van der Waals surface area (Å²) in [7, 11) is 1.55. The van der Waals surface area contributed by atoms with Gasteiger partial charge in [-0.1, -0.05) is 13.8 Å². The Morgan fingerprint density at radius 3 is 2.42 bits per heavy atom. The molecule has 31 heavy (non-hydrogen) atoms. The molecule has 1 atom stereocenters. The molecule has 1 N–H and O–H groups in total. The Hall–Kier alpha value is -3.22. The first-order chi connectivity index (χ1) is 14.8. The van der Waals surface area contributed by atoms with E-state index in [1.54, 1.807) is 31.4 Å². The summed E-state index contributed by atoms with van der Waals surface area (Å²) < 4.78 is 19.6. The molecule has 1 saturated heterocycles. The van der Waals surface area contributed by atoms with Crippen LogP contribution in [0.2, 0.25) is 0 Å². The molecule has 1 heterocycles. The lowest BCUT2D eigenvalue weighted by Gasteiger charge is -2.24. The van der Waals surface area contributed by atoms with Crippen molar-refractivity contribution >= 4 is 23.3 Å². The van der Waals surface area contributed by atoms with Gasteiger partial charge in [-0.05, 0) is 61.2 Å². The van der Waals surface area contributed by atoms with Gasteiger partial charge >= 0.3 is 0 Å². The highest BCUT2D eigenvalue weighted by Crippen LogP contribution is 2.26. The number of methoxy groups -OCH3 is 1. The average Bonchev–Trinajstić information content (AvgIpc) is 3.23. The number of Topliss-reactive ketones (excluding diaryl/α,β-unsaturated/α-hetero) is 1. The van der Waals surface area contributed by atoms with Crippen molar-refractivity contribution in [2.45, 2.75) is 39.2 Å². The number of benzene rings is 2. The summed E-state index contributed by atoms with van der Waals surface area (Å²) in [6, 6.07) is 10.1. The summed E-state index contributed by atoms with van der Waals surface area (Å²) in [5.41, 5.74) is 0.683. The van der Waals surface area contributed by atoms with Gasteiger partial charge in [0, 0.05) is 24.1 Å². The van der Waals surface area contributed by atoms with Gasteiger partial charge in [0.1, 0.15) is 11.6 Å². The minimum Gasteiger partial charge on any atom is -0.497 e. The number of halogens is 1. The van der Waals surface area contributed by atoms with Crippen LogP contribution in [0.5, 0.6) is 5.75 Å². The van der Waals surface area contributed by atoms with Crippen molar-refractivity contribution in [3.63, 3.8) is 0 Å². The molecular weight excluding hydrogens is 399 g/mol. The fourth-order valence-corrected chi connectivity index (χ4v) is 3.72. The van der Waals surface area contributed by atoms with Gasteiger partial charge in [0.2, 0.25) is 5.91 Å². The smallest absolute Gasteiger partial charge is 0.254 e. The van der Waals surface area contributed by atoms with Crippen molar-refractivity contribution in [1.82, 2.24) is 4.90 Å². The lowest BCUT2D eigenvalue weighted by molar-refractivity contribution is -0.116. The van der Waals surface area contributed by atoms with Gasteiger partial charge in [-0.15, -0.1) is 0 Å². The zero-order valence-corrected chi connectivity index (χ0v) is 18.0. The summed E-state index contributed by atoms with van der Waals surface area (Å²) in [5, 5.41) is 2.53. The van der Waals surface area contributed by atoms with Gasteiger partial charge < -0.3 is 15.0 Å². The molecule has 0 aliphatic carbocycles. The maximum Gasteiger partial charge on any atom is 0.254 e. The number of carbonyl (C=O) groups is 3. The second-order valence-corrected chi connectivity index (χ2v) is 8.09. The summed E-state index contributed by atoms with van der Waals surface area (Å²) in [6.07, 6.45) is 1.54. The van der Waals surface area contributed by atoms with E-state index in [9.17, 15) is 18.8 Å². The average molecular weight is 426 g/mol. The number of anilines is 1. The molecule has 0 spiro atoms. The molecule has 1 aliphatic heterocycles. The zero-order chi connectivity index (χ0) is 22.5. The Labute approximate surface area is 181 Å². The van der Waals surface area contributed by atoms with Crippen LogP contribution in [0.4, 0.5) is 10.1 Å². The van der Waals surface area contributed by atoms with Crippen LogP contribution in [0.25, 0.3) is 0 Å². The third-order valence-electron chi connectivity index (χ3n) is 5.27. The maximum atomic E-state index is 14.5. The second-order valence-electron chi connectivity index (χ2n) is 8.09. The fraction of sp³-hybridized carbons (Fsp3) is 0.375. The molecule has 1 aliphatic rings. The van der Waals surface area contributed by atoms with Crippen LogP contribution >= 0.6 is 0 Å². The minimum absolute atomic E-state index is 0.0366. The van der Waals surface area contributed by atoms with Crippen LogP contribution < -0.4 is 10.1 Å². The molecule has 2 aromatic rings. The predicted octanol–water partition coefficient (Wildman–Crippen LogP) is 4.31. The first-order valence-electron chi connectivity index (χ1n) is 10.4. The normalized spacial score (nSPS) is 15.8. The molecule has 0 bridgehead atoms. The van der Waals surface area contributed by atoms with Crippen LogP contribution in [0.15, 0.2) is 42.5 Å². The van der Waals surface area contributed by atoms with Crippen molar-refractivity contribution < 1.29 is 23.5 Å². The molecule has 6 nitrogen and oxygen atoms in total. The van der Waals surface area contributed by atoms with E-state index in [0.29, 0.717) is 30.7 Å². The Bertz CT molecular complexity index is 972. The summed E-state index contributed by atoms with van der Waals surface area (Å²) >= 11 is 0. The quantitative estimate of drug-likeness (QED) is 0.670. The number of rotatable bonds is 7. The SMILES string of the molecule is COc1ccc(C(=O)[C@H]2CCCN2C(=O)c2ccc(NC(=O)CC(C)C)c(F)c2)cc1. The first kappa shape index (κ1) is 22.5. The Kier molecular flexibility index (Phi) is 7.05. The number of carbonyl (C=O) groups excluding carboxylic acids is 3. The molecule has 2 amide bonds. The van der Waals surface area contributed by atoms with E-state index < -0.39 is 17.8 Å². The van der Waals surface area contributed by atoms with Crippen molar-refractivity contribution in [2.24, 2.45) is 5.92 Å². The number of ketones is 1. The van der Waals surface area contributed by atoms with E-state index in [4.69, 9.17) is 4.74 Å². The Balaban J connectivity index is 1.74. The van der Waals surface area contributed by atoms with E-state index in [0.717, 1.165) is 6.07 Å². The number of amides is 2. The third kappa shape index (κ3) is 5.29. The van der Waals surface area contributed by atoms with Gasteiger partial charge in [-0.25, -0.2) is 4.39 Å². The monoisotopic (exact) mass is 426 g/mol. The fourth-order valence-electron chi connectivity index (χ4n) is 3.72. The lowest BCUT2D eigenvalue weighted by Crippen LogP contribution is -2.40. The molecule has 0 saturated carbocycles. The van der Waals surface area contributed by atoms with Crippen LogP contribution in [0, 0.1) is 11.7 Å². The van der Waals surface area contributed by atoms with E-state index in [1.807, 2.05) is 13.8 Å². The highest BCUT2D eigenvalue weighted by atomic mass is 19.1. The Morgan fingerprint density at radius 2 is 1.81 bits per heavy atom. The Morgan fingerprint density at radius 1 is 1.13 bits per heavy atom. The molecule has 0 radical (unpaired) electrons. The highest BCUT2D eigenvalue weighted by Gasteiger charge is 2.35. The van der Waals surface area contributed by atoms with Crippen molar-refractivity contribution in [1.29, 1.82) is 0 Å². The minimum atomic E-state index is -0.680. The molecular formula is C24H27FN2O4. The molecule has 7 heteroatoms. The van der Waals surface area contributed by atoms with Crippen molar-refractivity contribution in [3.05, 3.63) is 59.4 Å². The third-order valence-corrected chi connectivity index (χ3v) is 5.27. The predicted molar refractivity (Wildman–Crippen MR) is 116 cm³/mol. The van der Waals surface area contributed by atoms with E-state index in [2.05, 4.69) is 5.32 Å². The largest absolute Gasteiger partial charge is 0.497 e. The van der Waals surface area contributed by atoms with Crippen LogP contribution in [0.1, 0.15) is 53.8 Å². The van der Waals surface area contributed by atoms with Crippen LogP contribution in [-0.2, 0) is 4.79 Å². The summed E-state index contributed by atoms with van der Waals surface area (Å²) in [5.74, 6) is -0.709. The van der Waals surface area contributed by atoms with Crippen molar-refractivity contribution in [2.75, 3.05) is 19.0 Å². The molecule has 1 fully saturated rings. The molecule has 0 aromatic heterocycles. The summed E-state index contributed by atoms with van der Waals surface area (Å²) in [4.78, 5) is 39.4. The van der Waals surface area contributed by atoms with E-state index in [-0.39, 0.29) is 35.3 Å². The number of hydrogen-bond acceptors (Lipinski definition) is 4. The number of nitrogens with one attached hydrogen (secondary N) is 1. The first-order valence-corrected chi connectivity index (χ1v) is 10.4. The van der Waals surface area contributed by atoms with E-state index in [1.165, 1.54) is 17.0 Å². The summed E-state index contributed by atoms with van der Waals surface area (Å²) in [6.45, 7) is 4.23. The molecule has 164 valence electrons. The number of nitrogens with zero attached hydrogens (tertiary/aromatic N) is 1. The highest BCUT2D eigenvalue weighted by molar-refractivity contribution is 6.05. The number of likely N-dealkylation sites (tertiary alicyclic amines) is 1. The van der Waals surface area contributed by atoms with Gasteiger partial charge in [0.15, 0.2) is 5.78 Å². The topological polar surface area (TPSA) is 75.7 Å². The molecule has 2 aromatic carbocycles. The number of ether oxygens (including phenoxy) is 1. The van der Waals surface area contributed by atoms with E-state index >= 15 is 0 Å². The zero-order valence-electron chi connectivity index (χ0n) is 18.0.